The summed E-state index contributed by atoms with van der Waals surface area (Å²) < 4.78 is 16.4. The molecule has 3 heterocycles. The van der Waals surface area contributed by atoms with Crippen molar-refractivity contribution < 1.29 is 19.0 Å². The Morgan fingerprint density at radius 1 is 1.14 bits per heavy atom. The van der Waals surface area contributed by atoms with Gasteiger partial charge in [-0.05, 0) is 18.2 Å². The van der Waals surface area contributed by atoms with E-state index in [9.17, 15) is 4.79 Å². The van der Waals surface area contributed by atoms with Crippen molar-refractivity contribution in [3.8, 4) is 22.8 Å². The largest absolute Gasteiger partial charge is 0.495 e. The molecule has 0 radical (unpaired) electrons. The van der Waals surface area contributed by atoms with E-state index in [1.165, 1.54) is 20.3 Å². The number of halogens is 2. The maximum Gasteiger partial charge on any atom is 0.243 e. The summed E-state index contributed by atoms with van der Waals surface area (Å²) in [5, 5.41) is 8.62. The molecule has 0 saturated carbocycles. The van der Waals surface area contributed by atoms with Crippen LogP contribution in [0.1, 0.15) is 0 Å². The van der Waals surface area contributed by atoms with Gasteiger partial charge in [0.1, 0.15) is 23.1 Å². The van der Waals surface area contributed by atoms with Gasteiger partial charge in [0.15, 0.2) is 0 Å². The van der Waals surface area contributed by atoms with E-state index < -0.39 is 0 Å². The van der Waals surface area contributed by atoms with E-state index in [-0.39, 0.29) is 18.0 Å². The first-order chi connectivity index (χ1) is 17.3. The highest BCUT2D eigenvalue weighted by molar-refractivity contribution is 6.41. The van der Waals surface area contributed by atoms with Crippen LogP contribution in [0.5, 0.6) is 11.5 Å². The van der Waals surface area contributed by atoms with Gasteiger partial charge in [-0.25, -0.2) is 9.97 Å². The lowest BCUT2D eigenvalue weighted by atomic mass is 10.1. The molecule has 11 heteroatoms. The lowest BCUT2D eigenvalue weighted by Crippen LogP contribution is -2.45. The number of hydrogen-bond acceptors (Lipinski definition) is 8. The Balaban J connectivity index is 1.76. The summed E-state index contributed by atoms with van der Waals surface area (Å²) in [7, 11) is 6.86. The zero-order valence-corrected chi connectivity index (χ0v) is 21.9. The molecule has 190 valence electrons. The minimum atomic E-state index is -0.248. The highest BCUT2D eigenvalue weighted by Gasteiger charge is 2.29. The maximum absolute atomic E-state index is 11.8. The summed E-state index contributed by atoms with van der Waals surface area (Å²) in [5.41, 5.74) is 1.06. The minimum absolute atomic E-state index is 0.143. The Bertz CT molecular complexity index is 1290. The third-order valence-electron chi connectivity index (χ3n) is 5.87. The first-order valence-corrected chi connectivity index (χ1v) is 11.9. The average Bonchev–Trinajstić information content (AvgIpc) is 3.29. The Hall–Kier alpha value is -3.27. The Labute approximate surface area is 219 Å². The molecule has 4 rings (SSSR count). The highest BCUT2D eigenvalue weighted by atomic mass is 35.5. The van der Waals surface area contributed by atoms with E-state index in [1.807, 2.05) is 31.1 Å². The number of amides is 1. The van der Waals surface area contributed by atoms with Crippen LogP contribution in [0.25, 0.3) is 22.0 Å². The van der Waals surface area contributed by atoms with Gasteiger partial charge < -0.3 is 29.7 Å². The van der Waals surface area contributed by atoms with E-state index in [1.54, 1.807) is 12.3 Å². The standard InChI is InChI=1S/C25H27Cl2N5O4/c1-6-21(33)30-17-12-36-11-16(17)29-20-8-14-13(10-28-20)7-15(31-25(14)32(2)3)22-23(26)18(34-4)9-19(35-5)24(22)27/h6-10,16-17H,1,11-12H2,2-5H3,(H,28,29)(H,30,33)/t16-,17+/m1/s1. The molecule has 9 nitrogen and oxygen atoms in total. The van der Waals surface area contributed by atoms with Gasteiger partial charge >= 0.3 is 0 Å². The Morgan fingerprint density at radius 3 is 2.42 bits per heavy atom. The first kappa shape index (κ1) is 25.8. The second-order valence-electron chi connectivity index (χ2n) is 8.41. The first-order valence-electron chi connectivity index (χ1n) is 11.1. The van der Waals surface area contributed by atoms with Crippen LogP contribution in [-0.4, -0.2) is 69.5 Å². The Kier molecular flexibility index (Phi) is 7.73. The van der Waals surface area contributed by atoms with Crippen LogP contribution < -0.4 is 25.0 Å². The quantitative estimate of drug-likeness (QED) is 0.418. The molecule has 1 aliphatic heterocycles. The lowest BCUT2D eigenvalue weighted by molar-refractivity contribution is -0.117. The molecule has 2 aromatic heterocycles. The molecule has 1 fully saturated rings. The molecule has 1 aromatic carbocycles. The van der Waals surface area contributed by atoms with Crippen molar-refractivity contribution in [2.24, 2.45) is 0 Å². The lowest BCUT2D eigenvalue weighted by Gasteiger charge is -2.21. The number of carbonyl (C=O) groups excluding carboxylic acids is 1. The van der Waals surface area contributed by atoms with Gasteiger partial charge in [0.2, 0.25) is 5.91 Å². The number of nitrogens with zero attached hydrogens (tertiary/aromatic N) is 3. The van der Waals surface area contributed by atoms with Gasteiger partial charge in [-0.3, -0.25) is 4.79 Å². The van der Waals surface area contributed by atoms with E-state index in [0.717, 1.165) is 10.8 Å². The number of aromatic nitrogens is 2. The summed E-state index contributed by atoms with van der Waals surface area (Å²) >= 11 is 13.3. The van der Waals surface area contributed by atoms with Crippen LogP contribution >= 0.6 is 23.2 Å². The fraction of sp³-hybridized carbons (Fsp3) is 0.320. The molecule has 36 heavy (non-hydrogen) atoms. The van der Waals surface area contributed by atoms with Crippen molar-refractivity contribution >= 4 is 51.5 Å². The van der Waals surface area contributed by atoms with E-state index in [0.29, 0.717) is 57.7 Å². The molecule has 1 aliphatic rings. The van der Waals surface area contributed by atoms with Crippen molar-refractivity contribution in [2.75, 3.05) is 51.7 Å². The molecule has 1 saturated heterocycles. The predicted octanol–water partition coefficient (Wildman–Crippen LogP) is 4.17. The zero-order valence-electron chi connectivity index (χ0n) is 20.4. The number of hydrogen-bond donors (Lipinski definition) is 2. The number of rotatable bonds is 8. The van der Waals surface area contributed by atoms with E-state index >= 15 is 0 Å². The van der Waals surface area contributed by atoms with Crippen LogP contribution in [0.4, 0.5) is 11.6 Å². The third-order valence-corrected chi connectivity index (χ3v) is 6.62. The number of benzene rings is 1. The number of anilines is 2. The molecule has 2 atom stereocenters. The summed E-state index contributed by atoms with van der Waals surface area (Å²) in [5.74, 6) is 1.93. The monoisotopic (exact) mass is 531 g/mol. The van der Waals surface area contributed by atoms with Crippen molar-refractivity contribution in [3.63, 3.8) is 0 Å². The number of fused-ring (bicyclic) bond motifs is 1. The van der Waals surface area contributed by atoms with Crippen LogP contribution in [0.2, 0.25) is 10.0 Å². The molecular weight excluding hydrogens is 505 g/mol. The number of methoxy groups -OCH3 is 2. The van der Waals surface area contributed by atoms with Gasteiger partial charge in [0.05, 0.1) is 55.3 Å². The minimum Gasteiger partial charge on any atom is -0.495 e. The number of carbonyl (C=O) groups is 1. The molecule has 1 amide bonds. The van der Waals surface area contributed by atoms with Crippen molar-refractivity contribution in [1.82, 2.24) is 15.3 Å². The van der Waals surface area contributed by atoms with Gasteiger partial charge in [0, 0.05) is 42.7 Å². The summed E-state index contributed by atoms with van der Waals surface area (Å²) in [6, 6.07) is 5.09. The van der Waals surface area contributed by atoms with Crippen LogP contribution in [-0.2, 0) is 9.53 Å². The van der Waals surface area contributed by atoms with Crippen LogP contribution in [0.3, 0.4) is 0 Å². The van der Waals surface area contributed by atoms with Crippen LogP contribution in [0, 0.1) is 0 Å². The van der Waals surface area contributed by atoms with Crippen molar-refractivity contribution in [2.45, 2.75) is 12.1 Å². The summed E-state index contributed by atoms with van der Waals surface area (Å²) in [6.45, 7) is 4.35. The molecule has 3 aromatic rings. The molecule has 2 N–H and O–H groups in total. The molecular formula is C25H27Cl2N5O4. The van der Waals surface area contributed by atoms with Gasteiger partial charge in [-0.2, -0.15) is 0 Å². The number of ether oxygens (including phenoxy) is 3. The van der Waals surface area contributed by atoms with Gasteiger partial charge in [-0.15, -0.1) is 0 Å². The second kappa shape index (κ2) is 10.8. The second-order valence-corrected chi connectivity index (χ2v) is 9.16. The molecule has 0 bridgehead atoms. The van der Waals surface area contributed by atoms with Crippen molar-refractivity contribution in [1.29, 1.82) is 0 Å². The van der Waals surface area contributed by atoms with Crippen LogP contribution in [0.15, 0.2) is 37.1 Å². The van der Waals surface area contributed by atoms with E-state index in [4.69, 9.17) is 42.4 Å². The Morgan fingerprint density at radius 2 is 1.81 bits per heavy atom. The van der Waals surface area contributed by atoms with Crippen molar-refractivity contribution in [3.05, 3.63) is 47.1 Å². The summed E-state index contributed by atoms with van der Waals surface area (Å²) in [6.07, 6.45) is 2.99. The topological polar surface area (TPSA) is 97.8 Å². The summed E-state index contributed by atoms with van der Waals surface area (Å²) in [4.78, 5) is 23.1. The SMILES string of the molecule is C=CC(=O)N[C@H]1COC[C@H]1Nc1cc2c(N(C)C)nc(-c3c(Cl)c(OC)cc(OC)c3Cl)cc2cn1. The zero-order chi connectivity index (χ0) is 26.0. The maximum atomic E-state index is 11.8. The molecule has 0 unspecified atom stereocenters. The smallest absolute Gasteiger partial charge is 0.243 e. The predicted molar refractivity (Wildman–Crippen MR) is 143 cm³/mol. The molecule has 0 spiro atoms. The fourth-order valence-electron chi connectivity index (χ4n) is 4.06. The van der Waals surface area contributed by atoms with Gasteiger partial charge in [0.25, 0.3) is 0 Å². The number of pyridine rings is 2. The van der Waals surface area contributed by atoms with E-state index in [2.05, 4.69) is 22.2 Å². The third kappa shape index (κ3) is 5.00. The molecule has 0 aliphatic carbocycles. The highest BCUT2D eigenvalue weighted by Crippen LogP contribution is 2.46. The fourth-order valence-corrected chi connectivity index (χ4v) is 4.75. The number of nitrogens with one attached hydrogen (secondary N) is 2. The normalized spacial score (nSPS) is 17.1. The van der Waals surface area contributed by atoms with Gasteiger partial charge in [-0.1, -0.05) is 29.8 Å². The average molecular weight is 532 g/mol.